The molecule has 0 unspecified atom stereocenters. The first-order chi connectivity index (χ1) is 13.3. The van der Waals surface area contributed by atoms with E-state index >= 15 is 0 Å². The summed E-state index contributed by atoms with van der Waals surface area (Å²) in [5, 5.41) is 9.55. The summed E-state index contributed by atoms with van der Waals surface area (Å²) in [5.74, 6) is 0.588. The van der Waals surface area contributed by atoms with Crippen LogP contribution in [-0.4, -0.2) is 11.1 Å². The summed E-state index contributed by atoms with van der Waals surface area (Å²) in [4.78, 5) is 11.7. The summed E-state index contributed by atoms with van der Waals surface area (Å²) < 4.78 is 6.09. The number of carboxylic acid groups (broad SMARTS) is 1. The lowest BCUT2D eigenvalue weighted by Gasteiger charge is -2.22. The van der Waals surface area contributed by atoms with Crippen molar-refractivity contribution < 1.29 is 14.6 Å². The summed E-state index contributed by atoms with van der Waals surface area (Å²) >= 11 is 0. The lowest BCUT2D eigenvalue weighted by atomic mass is 9.86. The van der Waals surface area contributed by atoms with Crippen LogP contribution in [0.3, 0.4) is 0 Å². The van der Waals surface area contributed by atoms with Crippen LogP contribution < -0.4 is 4.74 Å². The third-order valence-electron chi connectivity index (χ3n) is 4.43. The van der Waals surface area contributed by atoms with Crippen molar-refractivity contribution in [1.82, 2.24) is 0 Å². The fraction of sp³-hybridized carbons (Fsp3) is 0.160. The van der Waals surface area contributed by atoms with E-state index in [-0.39, 0.29) is 11.0 Å². The molecule has 0 aliphatic carbocycles. The molecule has 0 saturated heterocycles. The van der Waals surface area contributed by atoms with Crippen LogP contribution in [0.25, 0.3) is 11.6 Å². The molecular weight excluding hydrogens is 348 g/mol. The smallest absolute Gasteiger partial charge is 0.336 e. The fourth-order valence-electron chi connectivity index (χ4n) is 2.99. The normalized spacial score (nSPS) is 11.9. The molecule has 0 heterocycles. The van der Waals surface area contributed by atoms with Gasteiger partial charge in [0, 0.05) is 5.56 Å². The van der Waals surface area contributed by atoms with Gasteiger partial charge in [-0.25, -0.2) is 4.79 Å². The molecule has 28 heavy (non-hydrogen) atoms. The van der Waals surface area contributed by atoms with E-state index in [0.717, 1.165) is 16.9 Å². The maximum Gasteiger partial charge on any atom is 0.336 e. The highest BCUT2D eigenvalue weighted by Crippen LogP contribution is 2.34. The summed E-state index contributed by atoms with van der Waals surface area (Å²) in [5.41, 5.74) is 2.85. The molecule has 0 aromatic heterocycles. The van der Waals surface area contributed by atoms with Gasteiger partial charge in [-0.15, -0.1) is 0 Å². The summed E-state index contributed by atoms with van der Waals surface area (Å²) in [7, 11) is 0. The molecule has 0 amide bonds. The van der Waals surface area contributed by atoms with E-state index in [1.54, 1.807) is 18.2 Å². The number of aliphatic carboxylic acids is 1. The van der Waals surface area contributed by atoms with Gasteiger partial charge in [0.1, 0.15) is 11.5 Å². The first-order valence-electron chi connectivity index (χ1n) is 9.22. The molecular formula is C25H24O3. The van der Waals surface area contributed by atoms with Gasteiger partial charge >= 0.3 is 5.97 Å². The number of hydrogen-bond acceptors (Lipinski definition) is 2. The van der Waals surface area contributed by atoms with E-state index in [2.05, 4.69) is 26.8 Å². The lowest BCUT2D eigenvalue weighted by Crippen LogP contribution is -2.12. The molecule has 142 valence electrons. The molecule has 3 heteroatoms. The van der Waals surface area contributed by atoms with Crippen LogP contribution in [0.1, 0.15) is 37.5 Å². The third kappa shape index (κ3) is 4.68. The van der Waals surface area contributed by atoms with Crippen molar-refractivity contribution in [1.29, 1.82) is 0 Å². The quantitative estimate of drug-likeness (QED) is 0.416. The van der Waals surface area contributed by atoms with E-state index in [1.165, 1.54) is 0 Å². The highest BCUT2D eigenvalue weighted by Gasteiger charge is 2.18. The standard InChI is InChI=1S/C25H24O3/c1-25(2,3)22-11-7-8-12-23(22)28-20-15-13-18(14-16-20)17-21(24(26)27)19-9-5-4-6-10-19/h4-17H,1-3H3,(H,26,27)/b21-17+. The Balaban J connectivity index is 1.86. The average Bonchev–Trinajstić information content (AvgIpc) is 2.67. The zero-order chi connectivity index (χ0) is 20.1. The highest BCUT2D eigenvalue weighted by molar-refractivity contribution is 6.20. The molecule has 3 aromatic carbocycles. The van der Waals surface area contributed by atoms with Crippen LogP contribution >= 0.6 is 0 Å². The highest BCUT2D eigenvalue weighted by atomic mass is 16.5. The van der Waals surface area contributed by atoms with Gasteiger partial charge in [-0.3, -0.25) is 0 Å². The van der Waals surface area contributed by atoms with E-state index < -0.39 is 5.97 Å². The van der Waals surface area contributed by atoms with E-state index in [1.807, 2.05) is 60.7 Å². The minimum atomic E-state index is -0.953. The van der Waals surface area contributed by atoms with E-state index in [9.17, 15) is 9.90 Å². The van der Waals surface area contributed by atoms with Gasteiger partial charge in [-0.1, -0.05) is 81.4 Å². The molecule has 1 N–H and O–H groups in total. The van der Waals surface area contributed by atoms with Crippen molar-refractivity contribution in [2.45, 2.75) is 26.2 Å². The van der Waals surface area contributed by atoms with Crippen LogP contribution in [0.5, 0.6) is 11.5 Å². The second kappa shape index (κ2) is 8.13. The molecule has 3 aromatic rings. The molecule has 0 saturated carbocycles. The molecule has 0 atom stereocenters. The van der Waals surface area contributed by atoms with Crippen molar-refractivity contribution >= 4 is 17.6 Å². The van der Waals surface area contributed by atoms with Gasteiger partial charge in [0.15, 0.2) is 0 Å². The van der Waals surface area contributed by atoms with Gasteiger partial charge in [-0.2, -0.15) is 0 Å². The zero-order valence-electron chi connectivity index (χ0n) is 16.3. The van der Waals surface area contributed by atoms with Crippen molar-refractivity contribution in [3.63, 3.8) is 0 Å². The number of carboxylic acids is 1. The van der Waals surface area contributed by atoms with Gasteiger partial charge in [0.2, 0.25) is 0 Å². The number of ether oxygens (including phenoxy) is 1. The SMILES string of the molecule is CC(C)(C)c1ccccc1Oc1ccc(/C=C(/C(=O)O)c2ccccc2)cc1. The Hall–Kier alpha value is -3.33. The van der Waals surface area contributed by atoms with Crippen molar-refractivity contribution in [3.8, 4) is 11.5 Å². The van der Waals surface area contributed by atoms with Crippen molar-refractivity contribution in [2.24, 2.45) is 0 Å². The minimum Gasteiger partial charge on any atom is -0.478 e. The molecule has 0 aliphatic heterocycles. The van der Waals surface area contributed by atoms with Gasteiger partial charge < -0.3 is 9.84 Å². The van der Waals surface area contributed by atoms with Crippen LogP contribution in [-0.2, 0) is 10.2 Å². The predicted molar refractivity (Wildman–Crippen MR) is 114 cm³/mol. The first kappa shape index (κ1) is 19.4. The Morgan fingerprint density at radius 3 is 2.07 bits per heavy atom. The number of benzene rings is 3. The molecule has 0 bridgehead atoms. The second-order valence-electron chi connectivity index (χ2n) is 7.65. The molecule has 0 spiro atoms. The Morgan fingerprint density at radius 2 is 1.46 bits per heavy atom. The monoisotopic (exact) mass is 372 g/mol. The number of para-hydroxylation sites is 1. The largest absolute Gasteiger partial charge is 0.478 e. The topological polar surface area (TPSA) is 46.5 Å². The summed E-state index contributed by atoms with van der Waals surface area (Å²) in [6.45, 7) is 6.46. The Morgan fingerprint density at radius 1 is 0.857 bits per heavy atom. The van der Waals surface area contributed by atoms with Gasteiger partial charge in [-0.05, 0) is 40.8 Å². The van der Waals surface area contributed by atoms with Gasteiger partial charge in [0.25, 0.3) is 0 Å². The lowest BCUT2D eigenvalue weighted by molar-refractivity contribution is -0.130. The molecule has 0 fully saturated rings. The molecule has 0 radical (unpaired) electrons. The molecule has 3 nitrogen and oxygen atoms in total. The van der Waals surface area contributed by atoms with Gasteiger partial charge in [0.05, 0.1) is 5.57 Å². The third-order valence-corrected chi connectivity index (χ3v) is 4.43. The molecule has 0 aliphatic rings. The Kier molecular flexibility index (Phi) is 5.65. The zero-order valence-corrected chi connectivity index (χ0v) is 16.3. The van der Waals surface area contributed by atoms with Crippen LogP contribution in [0.2, 0.25) is 0 Å². The van der Waals surface area contributed by atoms with Crippen LogP contribution in [0.4, 0.5) is 0 Å². The van der Waals surface area contributed by atoms with Crippen LogP contribution in [0.15, 0.2) is 78.9 Å². The van der Waals surface area contributed by atoms with Crippen LogP contribution in [0, 0.1) is 0 Å². The molecule has 3 rings (SSSR count). The summed E-state index contributed by atoms with van der Waals surface area (Å²) in [6, 6.07) is 24.6. The second-order valence-corrected chi connectivity index (χ2v) is 7.65. The maximum absolute atomic E-state index is 11.7. The maximum atomic E-state index is 11.7. The van der Waals surface area contributed by atoms with Crippen molar-refractivity contribution in [2.75, 3.05) is 0 Å². The summed E-state index contributed by atoms with van der Waals surface area (Å²) in [6.07, 6.45) is 1.67. The predicted octanol–water partition coefficient (Wildman–Crippen LogP) is 6.40. The first-order valence-corrected chi connectivity index (χ1v) is 9.22. The van der Waals surface area contributed by atoms with E-state index in [4.69, 9.17) is 4.74 Å². The van der Waals surface area contributed by atoms with Crippen molar-refractivity contribution in [3.05, 3.63) is 95.6 Å². The Labute approximate surface area is 165 Å². The average molecular weight is 372 g/mol. The fourth-order valence-corrected chi connectivity index (χ4v) is 2.99. The minimum absolute atomic E-state index is 0.0225. The van der Waals surface area contributed by atoms with E-state index in [0.29, 0.717) is 11.3 Å². The Bertz CT molecular complexity index is 978. The number of hydrogen-bond donors (Lipinski definition) is 1. The number of carbonyl (C=O) groups is 1. The number of rotatable bonds is 5.